The number of nitro benzene ring substituents is 1. The minimum Gasteiger partial charge on any atom is -0.350 e. The van der Waals surface area contributed by atoms with Gasteiger partial charge in [0.1, 0.15) is 6.33 Å². The van der Waals surface area contributed by atoms with Gasteiger partial charge in [-0.1, -0.05) is 0 Å². The Hall–Kier alpha value is -2.46. The molecular weight excluding hydrogens is 332 g/mol. The molecule has 0 saturated carbocycles. The van der Waals surface area contributed by atoms with E-state index in [1.807, 2.05) is 6.92 Å². The minimum absolute atomic E-state index is 0.106. The van der Waals surface area contributed by atoms with E-state index in [0.29, 0.717) is 16.6 Å². The number of likely N-dealkylation sites (N-methyl/N-ethyl adjacent to an activating group) is 1. The molecule has 2 aromatic rings. The molecule has 1 heterocycles. The molecule has 1 unspecified atom stereocenters. The molecule has 128 valence electrons. The predicted molar refractivity (Wildman–Crippen MR) is 89.1 cm³/mol. The van der Waals surface area contributed by atoms with Crippen LogP contribution in [0.5, 0.6) is 0 Å². The molecule has 0 bridgehead atoms. The number of hydrogen-bond acceptors (Lipinski definition) is 7. The molecule has 1 atom stereocenters. The summed E-state index contributed by atoms with van der Waals surface area (Å²) in [5.41, 5.74) is 0.102. The Morgan fingerprint density at radius 1 is 1.50 bits per heavy atom. The second kappa shape index (κ2) is 7.88. The lowest BCUT2D eigenvalue weighted by Crippen LogP contribution is -2.37. The number of nitrogens with zero attached hydrogens (tertiary/aromatic N) is 4. The maximum absolute atomic E-state index is 12.1. The van der Waals surface area contributed by atoms with Crippen molar-refractivity contribution in [2.75, 3.05) is 13.6 Å². The van der Waals surface area contributed by atoms with Gasteiger partial charge in [0.15, 0.2) is 5.16 Å². The number of hydrogen-bond donors (Lipinski definition) is 2. The number of amides is 1. The van der Waals surface area contributed by atoms with Crippen LogP contribution >= 0.6 is 11.8 Å². The zero-order chi connectivity index (χ0) is 17.7. The van der Waals surface area contributed by atoms with Crippen molar-refractivity contribution in [2.45, 2.75) is 23.0 Å². The Kier molecular flexibility index (Phi) is 5.88. The van der Waals surface area contributed by atoms with Gasteiger partial charge in [0.2, 0.25) is 0 Å². The van der Waals surface area contributed by atoms with Gasteiger partial charge in [-0.15, -0.1) is 10.2 Å². The van der Waals surface area contributed by atoms with Crippen molar-refractivity contribution in [1.29, 1.82) is 0 Å². The van der Waals surface area contributed by atoms with Crippen molar-refractivity contribution >= 4 is 23.4 Å². The summed E-state index contributed by atoms with van der Waals surface area (Å²) < 4.78 is 1.66. The largest absolute Gasteiger partial charge is 0.350 e. The molecule has 0 aliphatic rings. The summed E-state index contributed by atoms with van der Waals surface area (Å²) in [6.07, 6.45) is 1.51. The van der Waals surface area contributed by atoms with Crippen molar-refractivity contribution in [3.63, 3.8) is 0 Å². The molecule has 0 saturated heterocycles. The van der Waals surface area contributed by atoms with E-state index in [1.165, 1.54) is 12.4 Å². The fourth-order valence-electron chi connectivity index (χ4n) is 1.80. The molecule has 0 spiro atoms. The highest BCUT2D eigenvalue weighted by atomic mass is 32.2. The van der Waals surface area contributed by atoms with Gasteiger partial charge in [0.25, 0.3) is 11.6 Å². The number of carbonyl (C=O) groups is 1. The molecule has 0 radical (unpaired) electrons. The first-order valence-corrected chi connectivity index (χ1v) is 7.99. The second-order valence-corrected chi connectivity index (χ2v) is 6.17. The first-order chi connectivity index (χ1) is 11.4. The first kappa shape index (κ1) is 17.9. The third-order valence-electron chi connectivity index (χ3n) is 3.35. The predicted octanol–water partition coefficient (Wildman–Crippen LogP) is 1.21. The molecule has 24 heavy (non-hydrogen) atoms. The van der Waals surface area contributed by atoms with Crippen LogP contribution in [0.1, 0.15) is 17.3 Å². The van der Waals surface area contributed by atoms with Crippen LogP contribution in [0.15, 0.2) is 34.6 Å². The van der Waals surface area contributed by atoms with E-state index in [-0.39, 0.29) is 23.2 Å². The lowest BCUT2D eigenvalue weighted by molar-refractivity contribution is -0.387. The first-order valence-electron chi connectivity index (χ1n) is 7.18. The number of aryl methyl sites for hydroxylation is 1. The molecule has 1 aromatic carbocycles. The topological polar surface area (TPSA) is 115 Å². The Morgan fingerprint density at radius 3 is 2.83 bits per heavy atom. The Balaban J connectivity index is 2.21. The maximum atomic E-state index is 12.1. The number of rotatable bonds is 7. The van der Waals surface area contributed by atoms with Crippen LogP contribution < -0.4 is 10.6 Å². The number of nitro groups is 1. The van der Waals surface area contributed by atoms with E-state index < -0.39 is 4.92 Å². The molecule has 9 nitrogen and oxygen atoms in total. The highest BCUT2D eigenvalue weighted by molar-refractivity contribution is 7.99. The molecule has 0 aliphatic carbocycles. The molecule has 10 heteroatoms. The van der Waals surface area contributed by atoms with Crippen molar-refractivity contribution in [3.8, 4) is 0 Å². The van der Waals surface area contributed by atoms with E-state index in [2.05, 4.69) is 20.8 Å². The van der Waals surface area contributed by atoms with Gasteiger partial charge in [-0.05, 0) is 37.9 Å². The third kappa shape index (κ3) is 4.30. The van der Waals surface area contributed by atoms with Crippen molar-refractivity contribution in [1.82, 2.24) is 25.4 Å². The van der Waals surface area contributed by atoms with Gasteiger partial charge in [-0.3, -0.25) is 14.9 Å². The SMILES string of the molecule is CNC(C)CNC(=O)c1ccc(Sc2nncn2C)c([N+](=O)[O-])c1. The fraction of sp³-hybridized carbons (Fsp3) is 0.357. The van der Waals surface area contributed by atoms with Gasteiger partial charge < -0.3 is 15.2 Å². The van der Waals surface area contributed by atoms with Gasteiger partial charge >= 0.3 is 0 Å². The standard InChI is InChI=1S/C14H18N6O3S/c1-9(15-2)7-16-13(21)10-4-5-12(11(6-10)20(22)23)24-14-18-17-8-19(14)3/h4-6,8-9,15H,7H2,1-3H3,(H,16,21). The van der Waals surface area contributed by atoms with Gasteiger partial charge in [-0.25, -0.2) is 0 Å². The summed E-state index contributed by atoms with van der Waals surface area (Å²) in [5, 5.41) is 25.2. The normalized spacial score (nSPS) is 12.0. The lowest BCUT2D eigenvalue weighted by Gasteiger charge is -2.11. The van der Waals surface area contributed by atoms with Crippen LogP contribution in [0.4, 0.5) is 5.69 Å². The van der Waals surface area contributed by atoms with Crippen LogP contribution in [-0.4, -0.2) is 45.2 Å². The van der Waals surface area contributed by atoms with Crippen molar-refractivity contribution in [2.24, 2.45) is 7.05 Å². The Labute approximate surface area is 143 Å². The van der Waals surface area contributed by atoms with Gasteiger partial charge in [0, 0.05) is 31.3 Å². The zero-order valence-corrected chi connectivity index (χ0v) is 14.3. The van der Waals surface area contributed by atoms with Gasteiger partial charge in [-0.2, -0.15) is 0 Å². The highest BCUT2D eigenvalue weighted by Gasteiger charge is 2.20. The minimum atomic E-state index is -0.508. The smallest absolute Gasteiger partial charge is 0.284 e. The summed E-state index contributed by atoms with van der Waals surface area (Å²) in [7, 11) is 3.54. The Bertz CT molecular complexity index is 748. The van der Waals surface area contributed by atoms with Crippen LogP contribution in [0, 0.1) is 10.1 Å². The third-order valence-corrected chi connectivity index (χ3v) is 4.47. The number of aromatic nitrogens is 3. The van der Waals surface area contributed by atoms with Crippen LogP contribution in [0.3, 0.4) is 0 Å². The fourth-order valence-corrected chi connectivity index (χ4v) is 2.65. The maximum Gasteiger partial charge on any atom is 0.284 e. The average Bonchev–Trinajstić information content (AvgIpc) is 2.97. The zero-order valence-electron chi connectivity index (χ0n) is 13.5. The number of nitrogens with one attached hydrogen (secondary N) is 2. The van der Waals surface area contributed by atoms with E-state index in [1.54, 1.807) is 30.8 Å². The molecule has 1 amide bonds. The summed E-state index contributed by atoms with van der Waals surface area (Å²) >= 11 is 1.12. The van der Waals surface area contributed by atoms with Crippen LogP contribution in [0.2, 0.25) is 0 Å². The number of benzene rings is 1. The molecular formula is C14H18N6O3S. The monoisotopic (exact) mass is 350 g/mol. The van der Waals surface area contributed by atoms with E-state index >= 15 is 0 Å². The molecule has 2 rings (SSSR count). The summed E-state index contributed by atoms with van der Waals surface area (Å²) in [6, 6.07) is 4.49. The number of carbonyl (C=O) groups excluding carboxylic acids is 1. The summed E-state index contributed by atoms with van der Waals surface area (Å²) in [4.78, 5) is 23.3. The molecule has 1 aromatic heterocycles. The van der Waals surface area contributed by atoms with E-state index in [4.69, 9.17) is 0 Å². The highest BCUT2D eigenvalue weighted by Crippen LogP contribution is 2.34. The van der Waals surface area contributed by atoms with Crippen molar-refractivity contribution < 1.29 is 9.72 Å². The van der Waals surface area contributed by atoms with Crippen molar-refractivity contribution in [3.05, 3.63) is 40.2 Å². The van der Waals surface area contributed by atoms with Crippen LogP contribution in [-0.2, 0) is 7.05 Å². The summed E-state index contributed by atoms with van der Waals surface area (Å²) in [6.45, 7) is 2.35. The Morgan fingerprint density at radius 2 is 2.25 bits per heavy atom. The molecule has 2 N–H and O–H groups in total. The van der Waals surface area contributed by atoms with E-state index in [9.17, 15) is 14.9 Å². The molecule has 0 aliphatic heterocycles. The second-order valence-electron chi connectivity index (χ2n) is 5.17. The molecule has 0 fully saturated rings. The van der Waals surface area contributed by atoms with Crippen LogP contribution in [0.25, 0.3) is 0 Å². The lowest BCUT2D eigenvalue weighted by atomic mass is 10.2. The van der Waals surface area contributed by atoms with E-state index in [0.717, 1.165) is 11.8 Å². The average molecular weight is 350 g/mol. The summed E-state index contributed by atoms with van der Waals surface area (Å²) in [5.74, 6) is -0.351. The quantitative estimate of drug-likeness (QED) is 0.570. The van der Waals surface area contributed by atoms with Gasteiger partial charge in [0.05, 0.1) is 9.82 Å².